The quantitative estimate of drug-likeness (QED) is 0.0240. The largest absolute Gasteiger partial charge is 0.394 e. The van der Waals surface area contributed by atoms with Gasteiger partial charge >= 0.3 is 0 Å². The van der Waals surface area contributed by atoms with Gasteiger partial charge in [0.15, 0.2) is 31.5 Å². The third-order valence-electron chi connectivity index (χ3n) is 23.3. The van der Waals surface area contributed by atoms with Crippen LogP contribution >= 0.6 is 0 Å². The van der Waals surface area contributed by atoms with E-state index in [0.717, 1.165) is 24.8 Å². The van der Waals surface area contributed by atoms with Crippen molar-refractivity contribution in [2.45, 2.75) is 280 Å². The van der Waals surface area contributed by atoms with E-state index in [2.05, 4.69) is 40.7 Å². The van der Waals surface area contributed by atoms with E-state index in [9.17, 15) is 91.9 Å². The van der Waals surface area contributed by atoms with Crippen LogP contribution in [0.25, 0.3) is 0 Å². The van der Waals surface area contributed by atoms with Gasteiger partial charge in [-0.05, 0) is 117 Å². The van der Waals surface area contributed by atoms with E-state index in [1.807, 2.05) is 13.8 Å². The minimum Gasteiger partial charge on any atom is -0.394 e. The summed E-state index contributed by atoms with van der Waals surface area (Å²) >= 11 is 0. The second-order valence-electron chi connectivity index (χ2n) is 29.3. The zero-order valence-corrected chi connectivity index (χ0v) is 53.6. The minimum atomic E-state index is -1.87. The first-order valence-corrected chi connectivity index (χ1v) is 32.2. The van der Waals surface area contributed by atoms with Gasteiger partial charge in [0.05, 0.1) is 70.7 Å². The van der Waals surface area contributed by atoms with Gasteiger partial charge in [-0.25, -0.2) is 0 Å². The molecule has 3 heterocycles. The van der Waals surface area contributed by atoms with Crippen molar-refractivity contribution in [1.29, 1.82) is 0 Å². The van der Waals surface area contributed by atoms with E-state index >= 15 is 0 Å². The molecule has 8 rings (SSSR count). The molecule has 28 nitrogen and oxygen atoms in total. The Labute approximate surface area is 526 Å². The van der Waals surface area contributed by atoms with E-state index in [1.165, 1.54) is 20.8 Å². The summed E-state index contributed by atoms with van der Waals surface area (Å²) in [4.78, 5) is 0. The van der Waals surface area contributed by atoms with Crippen LogP contribution in [0.1, 0.15) is 121 Å². The zero-order chi connectivity index (χ0) is 66.7. The Hall–Kier alpha value is -1.38. The van der Waals surface area contributed by atoms with Crippen LogP contribution in [-0.2, 0) is 47.4 Å². The Balaban J connectivity index is 1.02. The highest BCUT2D eigenvalue weighted by molar-refractivity contribution is 5.35. The van der Waals surface area contributed by atoms with Crippen LogP contribution in [0, 0.1) is 50.2 Å². The van der Waals surface area contributed by atoms with Gasteiger partial charge in [0.1, 0.15) is 104 Å². The van der Waals surface area contributed by atoms with Gasteiger partial charge < -0.3 is 139 Å². The number of fused-ring (bicyclic) bond motifs is 7. The Morgan fingerprint density at radius 2 is 1.08 bits per heavy atom. The van der Waals surface area contributed by atoms with Crippen molar-refractivity contribution in [3.05, 3.63) is 11.6 Å². The second-order valence-corrected chi connectivity index (χ2v) is 29.3. The van der Waals surface area contributed by atoms with Gasteiger partial charge in [-0.2, -0.15) is 0 Å². The fourth-order valence-electron chi connectivity index (χ4n) is 17.4. The van der Waals surface area contributed by atoms with E-state index in [-0.39, 0.29) is 41.8 Å². The van der Waals surface area contributed by atoms with Crippen LogP contribution in [-0.4, -0.2) is 298 Å². The molecule has 0 radical (unpaired) electrons. The van der Waals surface area contributed by atoms with Crippen molar-refractivity contribution in [2.24, 2.45) is 50.2 Å². The molecule has 0 aromatic carbocycles. The van der Waals surface area contributed by atoms with Crippen LogP contribution in [0.4, 0.5) is 0 Å². The fraction of sp³-hybridized carbons (Fsp3) is 0.968. The topological polar surface area (TPSA) is 456 Å². The average Bonchev–Trinajstić information content (AvgIpc) is 0.677. The van der Waals surface area contributed by atoms with Crippen LogP contribution in [0.15, 0.2) is 11.6 Å². The molecule has 0 spiro atoms. The zero-order valence-electron chi connectivity index (χ0n) is 53.6. The van der Waals surface area contributed by atoms with Gasteiger partial charge in [0.25, 0.3) is 0 Å². The third kappa shape index (κ3) is 13.8. The molecule has 33 atom stereocenters. The Morgan fingerprint density at radius 3 is 1.62 bits per heavy atom. The molecule has 3 aliphatic heterocycles. The number of ether oxygens (including phenoxy) is 10. The summed E-state index contributed by atoms with van der Waals surface area (Å²) in [6.45, 7) is 15.2. The molecule has 0 amide bonds. The molecule has 18 N–H and O–H groups in total. The lowest BCUT2D eigenvalue weighted by atomic mass is 9.33. The highest BCUT2D eigenvalue weighted by Gasteiger charge is 2.71. The second kappa shape index (κ2) is 29.0. The van der Waals surface area contributed by atoms with Crippen LogP contribution in [0.3, 0.4) is 0 Å². The van der Waals surface area contributed by atoms with Gasteiger partial charge in [-0.15, -0.1) is 0 Å². The SMILES string of the molecule is CC(OCC1O[C@@H](O[C@H]2CC[C@@]3(C)C(CC[C@]4(C)C3CC=C3C5CC(C)(C)[C@@H](O)[C@H](O)[C@]5(CO[C@@H]5OC(COC(C)OC(CO)[C@@H](O)C(O)CO)[C@@H](O)C(O)C5O[C@@H]5OC(C)[C@H](O)C(O)C5O)CC[C@]34C)C2(C)C)C(O)C(O)[C@@H]1O)OC(CO)[C@@H](O)C(O)CO. The molecule has 0 aromatic rings. The fourth-order valence-corrected chi connectivity index (χ4v) is 17.4. The number of aliphatic hydroxyl groups excluding tert-OH is 18. The van der Waals surface area contributed by atoms with Crippen LogP contribution < -0.4 is 0 Å². The normalized spacial score (nSPS) is 47.0. The molecule has 18 unspecified atom stereocenters. The summed E-state index contributed by atoms with van der Waals surface area (Å²) in [7, 11) is 0. The van der Waals surface area contributed by atoms with Crippen molar-refractivity contribution in [3.63, 3.8) is 0 Å². The summed E-state index contributed by atoms with van der Waals surface area (Å²) in [5, 5.41) is 193. The lowest BCUT2D eigenvalue weighted by Crippen LogP contribution is -2.69. The van der Waals surface area contributed by atoms with E-state index in [0.29, 0.717) is 32.1 Å². The van der Waals surface area contributed by atoms with Crippen molar-refractivity contribution in [3.8, 4) is 0 Å². The molecule has 90 heavy (non-hydrogen) atoms. The number of hydrogen-bond donors (Lipinski definition) is 18. The molecule has 5 aliphatic carbocycles. The molecule has 8 aliphatic rings. The monoisotopic (exact) mass is 1300 g/mol. The van der Waals surface area contributed by atoms with Gasteiger partial charge in [-0.3, -0.25) is 0 Å². The van der Waals surface area contributed by atoms with Crippen LogP contribution in [0.2, 0.25) is 0 Å². The van der Waals surface area contributed by atoms with Gasteiger partial charge in [0.2, 0.25) is 0 Å². The molecule has 0 aromatic heterocycles. The average molecular weight is 1300 g/mol. The summed E-state index contributed by atoms with van der Waals surface area (Å²) < 4.78 is 60.7. The van der Waals surface area contributed by atoms with Crippen molar-refractivity contribution >= 4 is 0 Å². The van der Waals surface area contributed by atoms with E-state index < -0.39 is 214 Å². The predicted molar refractivity (Wildman–Crippen MR) is 310 cm³/mol. The lowest BCUT2D eigenvalue weighted by Gasteiger charge is -2.72. The molecular weight excluding hydrogens is 1190 g/mol. The molecule has 3 saturated heterocycles. The first-order chi connectivity index (χ1) is 42.0. The predicted octanol–water partition coefficient (Wildman–Crippen LogP) is -3.49. The highest BCUT2D eigenvalue weighted by Crippen LogP contribution is 2.76. The van der Waals surface area contributed by atoms with Gasteiger partial charge in [0, 0.05) is 5.41 Å². The highest BCUT2D eigenvalue weighted by atomic mass is 16.8. The van der Waals surface area contributed by atoms with Crippen molar-refractivity contribution in [1.82, 2.24) is 0 Å². The number of hydrogen-bond acceptors (Lipinski definition) is 28. The molecule has 7 fully saturated rings. The molecule has 4 saturated carbocycles. The lowest BCUT2D eigenvalue weighted by molar-refractivity contribution is -0.372. The molecule has 0 bridgehead atoms. The van der Waals surface area contributed by atoms with E-state index in [1.54, 1.807) is 0 Å². The van der Waals surface area contributed by atoms with Crippen molar-refractivity contribution < 1.29 is 139 Å². The van der Waals surface area contributed by atoms with Gasteiger partial charge in [-0.1, -0.05) is 60.1 Å². The van der Waals surface area contributed by atoms with Crippen molar-refractivity contribution in [2.75, 3.05) is 46.2 Å². The maximum Gasteiger partial charge on any atom is 0.187 e. The Bertz CT molecular complexity index is 2340. The number of aliphatic hydroxyl groups is 18. The van der Waals surface area contributed by atoms with Crippen LogP contribution in [0.5, 0.6) is 0 Å². The summed E-state index contributed by atoms with van der Waals surface area (Å²) in [5.74, 6) is -0.153. The standard InChI is InChI=1S/C62H108O28/c1-27-41(69)46(74)49(77)54(84-27)90-51-48(76)45(73)37(25-82-29(3)86-35(23-66)43(71)33(68)21-64)88-56(51)83-26-62-18-17-60(9)30(31(62)19-57(4,5)52(79)53(62)80)11-12-39-59(8)15-14-40(58(6,7)38(59)13-16-61(39,60)10)89-55-50(78)47(75)44(72)36(87-55)24-81-28(2)85-34(22-65)42(70)32(67)20-63/h11,27-29,31-56,63-80H,12-26H2,1-10H3/t27?,28?,29?,31?,32?,33?,34?,35?,36?,37?,38?,39?,40-,41-,42-,43-,44+,45+,46?,47?,48?,49?,50?,51?,52-,53-,54-,55-,56+,59-,60+,61+,62-/m0/s1. The molecule has 524 valence electrons. The molecular formula is C62H108O28. The summed E-state index contributed by atoms with van der Waals surface area (Å²) in [6, 6.07) is 0. The molecule has 28 heteroatoms. The third-order valence-corrected chi connectivity index (χ3v) is 23.3. The Morgan fingerprint density at radius 1 is 0.556 bits per heavy atom. The van der Waals surface area contributed by atoms with E-state index in [4.69, 9.17) is 47.4 Å². The Kier molecular flexibility index (Phi) is 24.0. The smallest absolute Gasteiger partial charge is 0.187 e. The minimum absolute atomic E-state index is 0.0898. The maximum atomic E-state index is 12.7. The number of rotatable bonds is 25. The first-order valence-electron chi connectivity index (χ1n) is 32.2. The summed E-state index contributed by atoms with van der Waals surface area (Å²) in [6.07, 6.45) is -31.2. The summed E-state index contributed by atoms with van der Waals surface area (Å²) in [5.41, 5.74) is -2.39. The maximum absolute atomic E-state index is 12.7. The first kappa shape index (κ1) is 74.4. The number of allylic oxidation sites excluding steroid dienone is 2.